The molecule has 1 amide bonds. The van der Waals surface area contributed by atoms with Crippen LogP contribution in [0.25, 0.3) is 10.4 Å². The van der Waals surface area contributed by atoms with Crippen LogP contribution in [0.3, 0.4) is 0 Å². The van der Waals surface area contributed by atoms with Gasteiger partial charge < -0.3 is 14.4 Å². The van der Waals surface area contributed by atoms with Gasteiger partial charge in [-0.3, -0.25) is 4.79 Å². The Morgan fingerprint density at radius 2 is 1.83 bits per heavy atom. The first-order valence-corrected chi connectivity index (χ1v) is 11.0. The van der Waals surface area contributed by atoms with E-state index in [4.69, 9.17) is 9.47 Å². The lowest BCUT2D eigenvalue weighted by Gasteiger charge is -2.34. The molecule has 1 saturated heterocycles. The number of ether oxygens (including phenoxy) is 2. The van der Waals surface area contributed by atoms with Crippen LogP contribution in [0.1, 0.15) is 41.1 Å². The maximum Gasteiger partial charge on any atom is 0.348 e. The highest BCUT2D eigenvalue weighted by molar-refractivity contribution is 7.17. The summed E-state index contributed by atoms with van der Waals surface area (Å²) in [6.07, 6.45) is 2.95. The topological polar surface area (TPSA) is 55.8 Å². The molecule has 1 fully saturated rings. The summed E-state index contributed by atoms with van der Waals surface area (Å²) in [6.45, 7) is 5.62. The van der Waals surface area contributed by atoms with Gasteiger partial charge in [0.15, 0.2) is 6.61 Å². The Bertz CT molecular complexity index is 925. The summed E-state index contributed by atoms with van der Waals surface area (Å²) in [5, 5.41) is 0. The molecule has 1 aromatic heterocycles. The summed E-state index contributed by atoms with van der Waals surface area (Å²) in [5.41, 5.74) is 3.57. The van der Waals surface area contributed by atoms with Gasteiger partial charge in [0.1, 0.15) is 10.6 Å². The second-order valence-electron chi connectivity index (χ2n) is 8.31. The minimum Gasteiger partial charge on any atom is -0.497 e. The molecule has 4 rings (SSSR count). The van der Waals surface area contributed by atoms with E-state index in [2.05, 4.69) is 26.0 Å². The van der Waals surface area contributed by atoms with E-state index in [1.807, 2.05) is 17.0 Å². The number of carbonyl (C=O) groups is 2. The van der Waals surface area contributed by atoms with Crippen molar-refractivity contribution in [1.82, 2.24) is 4.90 Å². The van der Waals surface area contributed by atoms with Crippen molar-refractivity contribution in [2.45, 2.75) is 33.1 Å². The van der Waals surface area contributed by atoms with Gasteiger partial charge in [0, 0.05) is 18.0 Å². The average molecular weight is 414 g/mol. The number of methoxy groups -OCH3 is 1. The van der Waals surface area contributed by atoms with Gasteiger partial charge in [-0.1, -0.05) is 13.8 Å². The van der Waals surface area contributed by atoms with Crippen LogP contribution in [-0.2, 0) is 22.4 Å². The third kappa shape index (κ3) is 4.17. The summed E-state index contributed by atoms with van der Waals surface area (Å²) in [6, 6.07) is 7.99. The Balaban J connectivity index is 1.43. The van der Waals surface area contributed by atoms with Gasteiger partial charge in [-0.2, -0.15) is 0 Å². The minimum atomic E-state index is -0.411. The lowest BCUT2D eigenvalue weighted by atomic mass is 9.91. The first-order chi connectivity index (χ1) is 13.9. The molecule has 6 heteroatoms. The molecule has 2 aliphatic rings. The Labute approximate surface area is 175 Å². The Hall–Kier alpha value is -2.34. The number of carbonyl (C=O) groups excluding carboxylic acids is 2. The number of benzene rings is 1. The van der Waals surface area contributed by atoms with Gasteiger partial charge in [-0.15, -0.1) is 11.3 Å². The molecule has 2 atom stereocenters. The third-order valence-electron chi connectivity index (χ3n) is 5.78. The second-order valence-corrected chi connectivity index (χ2v) is 9.36. The van der Waals surface area contributed by atoms with Crippen LogP contribution >= 0.6 is 11.3 Å². The van der Waals surface area contributed by atoms with Crippen molar-refractivity contribution < 1.29 is 19.1 Å². The molecule has 0 unspecified atom stereocenters. The van der Waals surface area contributed by atoms with E-state index in [1.165, 1.54) is 22.5 Å². The molecule has 0 bridgehead atoms. The van der Waals surface area contributed by atoms with Gasteiger partial charge in [0.05, 0.1) is 7.11 Å². The number of amides is 1. The van der Waals surface area contributed by atoms with Crippen LogP contribution in [0.15, 0.2) is 24.3 Å². The highest BCUT2D eigenvalue weighted by atomic mass is 32.1. The molecule has 1 aromatic carbocycles. The molecule has 1 aliphatic heterocycles. The number of likely N-dealkylation sites (tertiary alicyclic amines) is 1. The quantitative estimate of drug-likeness (QED) is 0.706. The van der Waals surface area contributed by atoms with E-state index in [9.17, 15) is 9.59 Å². The maximum absolute atomic E-state index is 12.6. The number of thiophene rings is 1. The second kappa shape index (κ2) is 8.19. The van der Waals surface area contributed by atoms with Crippen LogP contribution in [0.2, 0.25) is 0 Å². The van der Waals surface area contributed by atoms with Crippen molar-refractivity contribution in [3.8, 4) is 16.2 Å². The maximum atomic E-state index is 12.6. The summed E-state index contributed by atoms with van der Waals surface area (Å²) in [5.74, 6) is 1.31. The molecular formula is C23H27NO4S. The van der Waals surface area contributed by atoms with E-state index in [0.717, 1.165) is 48.5 Å². The van der Waals surface area contributed by atoms with Gasteiger partial charge in [0.25, 0.3) is 5.91 Å². The highest BCUT2D eigenvalue weighted by Gasteiger charge is 2.27. The van der Waals surface area contributed by atoms with Crippen LogP contribution in [-0.4, -0.2) is 43.6 Å². The number of fused-ring (bicyclic) bond motifs is 3. The molecular weight excluding hydrogens is 386 g/mol. The standard InChI is InChI=1S/C23H27NO4S/c1-14-8-15(2)12-24(11-14)21(25)13-28-23(26)20-10-17-5-4-16-9-18(27-3)6-7-19(16)22(17)29-20/h6-7,9-10,14-15H,4-5,8,11-13H2,1-3H3/t14-,15+. The number of rotatable bonds is 4. The summed E-state index contributed by atoms with van der Waals surface area (Å²) in [4.78, 5) is 28.6. The van der Waals surface area contributed by atoms with Crippen LogP contribution < -0.4 is 4.74 Å². The van der Waals surface area contributed by atoms with E-state index < -0.39 is 5.97 Å². The normalized spacial score (nSPS) is 20.6. The van der Waals surface area contributed by atoms with Crippen LogP contribution in [0.4, 0.5) is 0 Å². The fourth-order valence-corrected chi connectivity index (χ4v) is 5.66. The van der Waals surface area contributed by atoms with Gasteiger partial charge in [-0.05, 0) is 72.1 Å². The number of aryl methyl sites for hydroxylation is 2. The Morgan fingerprint density at radius 3 is 2.55 bits per heavy atom. The summed E-state index contributed by atoms with van der Waals surface area (Å²) in [7, 11) is 1.67. The van der Waals surface area contributed by atoms with Gasteiger partial charge in [0.2, 0.25) is 0 Å². The number of hydrogen-bond acceptors (Lipinski definition) is 5. The first-order valence-electron chi connectivity index (χ1n) is 10.2. The van der Waals surface area contributed by atoms with Crippen molar-refractivity contribution in [2.75, 3.05) is 26.8 Å². The van der Waals surface area contributed by atoms with Gasteiger partial charge in [-0.25, -0.2) is 4.79 Å². The first kappa shape index (κ1) is 20.0. The van der Waals surface area contributed by atoms with Crippen molar-refractivity contribution >= 4 is 23.2 Å². The summed E-state index contributed by atoms with van der Waals surface area (Å²) < 4.78 is 10.7. The monoisotopic (exact) mass is 413 g/mol. The predicted octanol–water partition coefficient (Wildman–Crippen LogP) is 4.18. The summed E-state index contributed by atoms with van der Waals surface area (Å²) >= 11 is 1.45. The van der Waals surface area contributed by atoms with E-state index in [-0.39, 0.29) is 12.5 Å². The lowest BCUT2D eigenvalue weighted by Crippen LogP contribution is -2.44. The van der Waals surface area contributed by atoms with Gasteiger partial charge >= 0.3 is 5.97 Å². The molecule has 0 spiro atoms. The van der Waals surface area contributed by atoms with E-state index in [1.54, 1.807) is 7.11 Å². The number of hydrogen-bond donors (Lipinski definition) is 0. The Morgan fingerprint density at radius 1 is 1.10 bits per heavy atom. The molecule has 2 heterocycles. The average Bonchev–Trinajstić information content (AvgIpc) is 3.15. The zero-order valence-corrected chi connectivity index (χ0v) is 18.0. The largest absolute Gasteiger partial charge is 0.497 e. The van der Waals surface area contributed by atoms with Crippen LogP contribution in [0, 0.1) is 11.8 Å². The molecule has 2 aromatic rings. The number of piperidine rings is 1. The number of esters is 1. The fraction of sp³-hybridized carbons (Fsp3) is 0.478. The molecule has 154 valence electrons. The SMILES string of the molecule is COc1ccc2c(c1)CCc1cc(C(=O)OCC(=O)N3C[C@H](C)C[C@H](C)C3)sc1-2. The lowest BCUT2D eigenvalue weighted by molar-refractivity contribution is -0.137. The zero-order chi connectivity index (χ0) is 20.5. The van der Waals surface area contributed by atoms with Crippen molar-refractivity contribution in [1.29, 1.82) is 0 Å². The molecule has 0 N–H and O–H groups in total. The number of nitrogens with zero attached hydrogens (tertiary/aromatic N) is 1. The minimum absolute atomic E-state index is 0.101. The third-order valence-corrected chi connectivity index (χ3v) is 6.97. The highest BCUT2D eigenvalue weighted by Crippen LogP contribution is 2.41. The fourth-order valence-electron chi connectivity index (χ4n) is 4.49. The molecule has 29 heavy (non-hydrogen) atoms. The molecule has 1 aliphatic carbocycles. The smallest absolute Gasteiger partial charge is 0.348 e. The zero-order valence-electron chi connectivity index (χ0n) is 17.2. The van der Waals surface area contributed by atoms with Crippen molar-refractivity contribution in [3.05, 3.63) is 40.3 Å². The van der Waals surface area contributed by atoms with Crippen molar-refractivity contribution in [3.63, 3.8) is 0 Å². The van der Waals surface area contributed by atoms with E-state index >= 15 is 0 Å². The molecule has 0 radical (unpaired) electrons. The predicted molar refractivity (Wildman–Crippen MR) is 114 cm³/mol. The van der Waals surface area contributed by atoms with Crippen LogP contribution in [0.5, 0.6) is 5.75 Å². The Kier molecular flexibility index (Phi) is 5.63. The van der Waals surface area contributed by atoms with Crippen molar-refractivity contribution in [2.24, 2.45) is 11.8 Å². The molecule has 5 nitrogen and oxygen atoms in total. The molecule has 0 saturated carbocycles. The van der Waals surface area contributed by atoms with E-state index in [0.29, 0.717) is 16.7 Å².